The lowest BCUT2D eigenvalue weighted by Gasteiger charge is -1.97. The Morgan fingerprint density at radius 1 is 1.18 bits per heavy atom. The quantitative estimate of drug-likeness (QED) is 0.313. The number of thiazole rings is 1. The second-order valence-corrected chi connectivity index (χ2v) is 9.75. The van der Waals surface area contributed by atoms with E-state index in [1.165, 1.54) is 23.1 Å². The fraction of sp³-hybridized carbons (Fsp3) is 0.250. The molecule has 8 nitrogen and oxygen atoms in total. The van der Waals surface area contributed by atoms with Crippen molar-refractivity contribution in [2.24, 2.45) is 0 Å². The van der Waals surface area contributed by atoms with Crippen LogP contribution in [0.25, 0.3) is 10.2 Å². The van der Waals surface area contributed by atoms with E-state index in [1.807, 2.05) is 24.5 Å². The summed E-state index contributed by atoms with van der Waals surface area (Å²) in [6, 6.07) is 8.03. The zero-order chi connectivity index (χ0) is 19.3. The molecule has 28 heavy (non-hydrogen) atoms. The van der Waals surface area contributed by atoms with Crippen LogP contribution in [-0.2, 0) is 17.0 Å². The number of carbonyl (C=O) groups is 1. The van der Waals surface area contributed by atoms with E-state index in [4.69, 9.17) is 4.52 Å². The highest BCUT2D eigenvalue weighted by atomic mass is 32.2. The molecule has 4 rings (SSSR count). The number of carbonyl (C=O) groups excluding carboxylic acids is 1. The number of fused-ring (bicyclic) bond motifs is 1. The molecule has 0 saturated heterocycles. The summed E-state index contributed by atoms with van der Waals surface area (Å²) in [6.45, 7) is 0. The van der Waals surface area contributed by atoms with Crippen LogP contribution in [0.4, 0.5) is 5.13 Å². The Kier molecular flexibility index (Phi) is 6.20. The largest absolute Gasteiger partial charge is 0.339 e. The van der Waals surface area contributed by atoms with Crippen LogP contribution in [0.5, 0.6) is 0 Å². The van der Waals surface area contributed by atoms with Crippen molar-refractivity contribution >= 4 is 67.5 Å². The van der Waals surface area contributed by atoms with Gasteiger partial charge in [0.1, 0.15) is 0 Å². The van der Waals surface area contributed by atoms with E-state index in [2.05, 4.69) is 36.7 Å². The highest BCUT2D eigenvalue weighted by Gasteiger charge is 2.12. The lowest BCUT2D eigenvalue weighted by atomic mass is 10.3. The molecular formula is C16H14N6O2S4. The Morgan fingerprint density at radius 2 is 2.07 bits per heavy atom. The van der Waals surface area contributed by atoms with Gasteiger partial charge in [-0.1, -0.05) is 52.1 Å². The normalized spacial score (nSPS) is 11.2. The Balaban J connectivity index is 1.26. The monoisotopic (exact) mass is 450 g/mol. The fourth-order valence-corrected chi connectivity index (χ4v) is 5.33. The molecule has 3 heterocycles. The topological polar surface area (TPSA) is 107 Å². The number of anilines is 1. The van der Waals surface area contributed by atoms with Gasteiger partial charge >= 0.3 is 0 Å². The van der Waals surface area contributed by atoms with Gasteiger partial charge in [0.05, 0.1) is 16.0 Å². The smallest absolute Gasteiger partial charge is 0.227 e. The molecule has 0 aliphatic heterocycles. The fourth-order valence-electron chi connectivity index (χ4n) is 2.23. The van der Waals surface area contributed by atoms with Crippen molar-refractivity contribution in [3.63, 3.8) is 0 Å². The molecule has 0 radical (unpaired) electrons. The number of hydrogen-bond acceptors (Lipinski definition) is 11. The van der Waals surface area contributed by atoms with E-state index in [1.54, 1.807) is 23.1 Å². The van der Waals surface area contributed by atoms with E-state index in [9.17, 15) is 4.79 Å². The molecule has 0 aliphatic carbocycles. The third-order valence-corrected chi connectivity index (χ3v) is 7.49. The number of thioether (sulfide) groups is 2. The second kappa shape index (κ2) is 8.99. The Labute approximate surface area is 176 Å². The molecule has 0 atom stereocenters. The summed E-state index contributed by atoms with van der Waals surface area (Å²) in [5.74, 6) is 1.44. The molecule has 12 heteroatoms. The number of para-hydroxylation sites is 1. The van der Waals surface area contributed by atoms with Crippen LogP contribution < -0.4 is 5.32 Å². The number of rotatable bonds is 8. The molecule has 1 aromatic carbocycles. The Hall–Kier alpha value is -2.02. The maximum Gasteiger partial charge on any atom is 0.227 e. The molecule has 3 aromatic heterocycles. The van der Waals surface area contributed by atoms with Crippen molar-refractivity contribution in [2.75, 3.05) is 11.6 Å². The van der Waals surface area contributed by atoms with Crippen LogP contribution in [0.15, 0.2) is 37.5 Å². The van der Waals surface area contributed by atoms with Crippen molar-refractivity contribution in [1.29, 1.82) is 0 Å². The van der Waals surface area contributed by atoms with Gasteiger partial charge in [-0.05, 0) is 18.4 Å². The van der Waals surface area contributed by atoms with Gasteiger partial charge in [-0.15, -0.1) is 21.5 Å². The second-order valence-electron chi connectivity index (χ2n) is 5.47. The summed E-state index contributed by atoms with van der Waals surface area (Å²) in [5.41, 5.74) is 0.995. The first kappa shape index (κ1) is 19.3. The number of nitrogens with one attached hydrogen (secondary N) is 1. The molecule has 0 saturated carbocycles. The average molecular weight is 451 g/mol. The zero-order valence-corrected chi connectivity index (χ0v) is 17.9. The molecule has 0 fully saturated rings. The first-order valence-corrected chi connectivity index (χ1v) is 12.0. The standard InChI is InChI=1S/C16H14N6O2S4/c1-25-16-21-20-14(28-16)19-12(23)6-7-13-18-11(22-24-13)8-26-15-17-9-4-2-3-5-10(9)27-15/h2-5H,6-8H2,1H3,(H,19,20,23). The van der Waals surface area contributed by atoms with Crippen LogP contribution in [-0.4, -0.2) is 37.5 Å². The van der Waals surface area contributed by atoms with Gasteiger partial charge in [-0.2, -0.15) is 4.98 Å². The molecule has 0 unspecified atom stereocenters. The molecule has 4 aromatic rings. The SMILES string of the molecule is CSc1nnc(NC(=O)CCc2nc(CSc3nc4ccccc4s3)no2)s1. The zero-order valence-electron chi connectivity index (χ0n) is 14.6. The van der Waals surface area contributed by atoms with Crippen LogP contribution in [0, 0.1) is 0 Å². The van der Waals surface area contributed by atoms with Gasteiger partial charge in [0.25, 0.3) is 0 Å². The summed E-state index contributed by atoms with van der Waals surface area (Å²) in [6.07, 6.45) is 2.52. The van der Waals surface area contributed by atoms with E-state index in [-0.39, 0.29) is 12.3 Å². The maximum absolute atomic E-state index is 12.0. The number of nitrogens with zero attached hydrogens (tertiary/aromatic N) is 5. The van der Waals surface area contributed by atoms with Gasteiger partial charge in [0.15, 0.2) is 14.5 Å². The van der Waals surface area contributed by atoms with Gasteiger partial charge in [0, 0.05) is 12.8 Å². The van der Waals surface area contributed by atoms with E-state index in [0.717, 1.165) is 18.9 Å². The minimum absolute atomic E-state index is 0.160. The van der Waals surface area contributed by atoms with Crippen molar-refractivity contribution in [2.45, 2.75) is 27.3 Å². The lowest BCUT2D eigenvalue weighted by molar-refractivity contribution is -0.116. The van der Waals surface area contributed by atoms with Crippen molar-refractivity contribution in [3.05, 3.63) is 36.0 Å². The summed E-state index contributed by atoms with van der Waals surface area (Å²) < 4.78 is 8.17. The Morgan fingerprint density at radius 3 is 2.89 bits per heavy atom. The minimum atomic E-state index is -0.160. The van der Waals surface area contributed by atoms with Crippen LogP contribution in [0.2, 0.25) is 0 Å². The summed E-state index contributed by atoms with van der Waals surface area (Å²) in [5, 5.41) is 15.0. The third kappa shape index (κ3) is 4.87. The van der Waals surface area contributed by atoms with Gasteiger partial charge in [-0.3, -0.25) is 4.79 Å². The Bertz CT molecular complexity index is 1060. The van der Waals surface area contributed by atoms with Crippen molar-refractivity contribution in [1.82, 2.24) is 25.3 Å². The molecule has 1 amide bonds. The van der Waals surface area contributed by atoms with Crippen LogP contribution >= 0.6 is 46.2 Å². The predicted molar refractivity (Wildman–Crippen MR) is 112 cm³/mol. The minimum Gasteiger partial charge on any atom is -0.339 e. The molecule has 144 valence electrons. The lowest BCUT2D eigenvalue weighted by Crippen LogP contribution is -2.12. The third-order valence-electron chi connectivity index (χ3n) is 3.50. The molecule has 0 spiro atoms. The molecule has 1 N–H and O–H groups in total. The van der Waals surface area contributed by atoms with E-state index >= 15 is 0 Å². The first-order chi connectivity index (χ1) is 13.7. The van der Waals surface area contributed by atoms with Crippen molar-refractivity contribution < 1.29 is 9.32 Å². The molecular weight excluding hydrogens is 436 g/mol. The van der Waals surface area contributed by atoms with Gasteiger partial charge in [0.2, 0.25) is 16.9 Å². The highest BCUT2D eigenvalue weighted by Crippen LogP contribution is 2.30. The molecule has 0 aliphatic rings. The predicted octanol–water partition coefficient (Wildman–Crippen LogP) is 4.12. The van der Waals surface area contributed by atoms with Crippen LogP contribution in [0.3, 0.4) is 0 Å². The summed E-state index contributed by atoms with van der Waals surface area (Å²) in [4.78, 5) is 20.9. The number of amides is 1. The highest BCUT2D eigenvalue weighted by molar-refractivity contribution is 8.00. The first-order valence-electron chi connectivity index (χ1n) is 8.17. The van der Waals surface area contributed by atoms with Gasteiger partial charge < -0.3 is 9.84 Å². The van der Waals surface area contributed by atoms with Crippen LogP contribution in [0.1, 0.15) is 18.1 Å². The maximum atomic E-state index is 12.0. The number of aromatic nitrogens is 5. The summed E-state index contributed by atoms with van der Waals surface area (Å²) in [7, 11) is 0. The number of hydrogen-bond donors (Lipinski definition) is 1. The molecule has 0 bridgehead atoms. The van der Waals surface area contributed by atoms with E-state index < -0.39 is 0 Å². The van der Waals surface area contributed by atoms with E-state index in [0.29, 0.717) is 29.0 Å². The van der Waals surface area contributed by atoms with Gasteiger partial charge in [-0.25, -0.2) is 4.98 Å². The number of benzene rings is 1. The van der Waals surface area contributed by atoms with Crippen molar-refractivity contribution in [3.8, 4) is 0 Å². The number of aryl methyl sites for hydroxylation is 1. The average Bonchev–Trinajstić information content (AvgIpc) is 3.43. The summed E-state index contributed by atoms with van der Waals surface area (Å²) >= 11 is 6.04.